The van der Waals surface area contributed by atoms with E-state index in [0.29, 0.717) is 13.2 Å². The number of hydrogen-bond acceptors (Lipinski definition) is 2. The molecule has 17 heavy (non-hydrogen) atoms. The first-order chi connectivity index (χ1) is 8.08. The van der Waals surface area contributed by atoms with Gasteiger partial charge in [-0.15, -0.1) is 0 Å². The van der Waals surface area contributed by atoms with Gasteiger partial charge in [0.1, 0.15) is 6.10 Å². The number of fused-ring (bicyclic) bond motifs is 1. The highest BCUT2D eigenvalue weighted by molar-refractivity contribution is 9.10. The molecule has 1 aliphatic heterocycles. The van der Waals surface area contributed by atoms with Crippen LogP contribution in [0.15, 0.2) is 22.7 Å². The summed E-state index contributed by atoms with van der Waals surface area (Å²) in [4.78, 5) is 12.1. The van der Waals surface area contributed by atoms with E-state index < -0.39 is 6.09 Å². The molecule has 2 rings (SSSR count). The lowest BCUT2D eigenvalue weighted by Gasteiger charge is -2.28. The Morgan fingerprint density at radius 3 is 3.12 bits per heavy atom. The molecule has 0 bridgehead atoms. The summed E-state index contributed by atoms with van der Waals surface area (Å²) in [6, 6.07) is 6.08. The molecular formula is C12H14BrNO3. The van der Waals surface area contributed by atoms with Gasteiger partial charge in [-0.25, -0.2) is 4.79 Å². The fourth-order valence-corrected chi connectivity index (χ4v) is 2.35. The summed E-state index contributed by atoms with van der Waals surface area (Å²) in [6.07, 6.45) is -0.219. The van der Waals surface area contributed by atoms with E-state index in [-0.39, 0.29) is 6.10 Å². The maximum atomic E-state index is 10.8. The first-order valence-corrected chi connectivity index (χ1v) is 6.21. The van der Waals surface area contributed by atoms with Crippen LogP contribution in [-0.2, 0) is 11.2 Å². The molecule has 0 fully saturated rings. The van der Waals surface area contributed by atoms with E-state index in [1.807, 2.05) is 12.1 Å². The molecule has 0 saturated carbocycles. The molecule has 0 spiro atoms. The van der Waals surface area contributed by atoms with Crippen LogP contribution in [0.25, 0.3) is 0 Å². The van der Waals surface area contributed by atoms with Crippen molar-refractivity contribution in [2.24, 2.45) is 0 Å². The Labute approximate surface area is 108 Å². The van der Waals surface area contributed by atoms with Crippen LogP contribution in [0, 0.1) is 0 Å². The van der Waals surface area contributed by atoms with Crippen LogP contribution in [0.3, 0.4) is 0 Å². The molecule has 4 nitrogen and oxygen atoms in total. The second-order valence-corrected chi connectivity index (χ2v) is 5.03. The predicted molar refractivity (Wildman–Crippen MR) is 67.2 cm³/mol. The van der Waals surface area contributed by atoms with Crippen LogP contribution >= 0.6 is 15.9 Å². The van der Waals surface area contributed by atoms with Gasteiger partial charge in [-0.2, -0.15) is 0 Å². The van der Waals surface area contributed by atoms with Crippen LogP contribution in [0.2, 0.25) is 0 Å². The Balaban J connectivity index is 2.22. The molecule has 1 heterocycles. The number of ether oxygens (including phenoxy) is 1. The maximum Gasteiger partial charge on any atom is 0.407 e. The number of likely N-dealkylation sites (N-methyl/N-ethyl adjacent to an activating group) is 1. The number of carboxylic acid groups (broad SMARTS) is 1. The fourth-order valence-electron chi connectivity index (χ4n) is 1.97. The van der Waals surface area contributed by atoms with Crippen molar-refractivity contribution in [3.63, 3.8) is 0 Å². The highest BCUT2D eigenvalue weighted by atomic mass is 79.9. The molecule has 1 aliphatic rings. The monoisotopic (exact) mass is 299 g/mol. The number of carbonyl (C=O) groups is 1. The fraction of sp³-hybridized carbons (Fsp3) is 0.417. The molecule has 0 aromatic heterocycles. The van der Waals surface area contributed by atoms with E-state index in [2.05, 4.69) is 22.0 Å². The first kappa shape index (κ1) is 12.4. The molecule has 1 unspecified atom stereocenters. The molecule has 1 aromatic carbocycles. The van der Waals surface area contributed by atoms with Gasteiger partial charge in [0.2, 0.25) is 0 Å². The van der Waals surface area contributed by atoms with Crippen LogP contribution in [0.4, 0.5) is 4.79 Å². The summed E-state index contributed by atoms with van der Waals surface area (Å²) in [5.41, 5.74) is 2.32. The Bertz CT molecular complexity index is 436. The quantitative estimate of drug-likeness (QED) is 0.913. The third-order valence-corrected chi connectivity index (χ3v) is 3.40. The van der Waals surface area contributed by atoms with Crippen LogP contribution in [0.5, 0.6) is 0 Å². The Hall–Kier alpha value is -1.07. The molecule has 0 saturated heterocycles. The van der Waals surface area contributed by atoms with Crippen molar-refractivity contribution >= 4 is 22.0 Å². The van der Waals surface area contributed by atoms with Crippen molar-refractivity contribution in [1.29, 1.82) is 0 Å². The minimum atomic E-state index is -0.935. The normalized spacial score (nSPS) is 18.6. The van der Waals surface area contributed by atoms with E-state index in [1.54, 1.807) is 7.05 Å². The Morgan fingerprint density at radius 1 is 1.65 bits per heavy atom. The summed E-state index contributed by atoms with van der Waals surface area (Å²) in [6.45, 7) is 1.01. The van der Waals surface area contributed by atoms with Gasteiger partial charge in [-0.1, -0.05) is 22.0 Å². The lowest BCUT2D eigenvalue weighted by atomic mass is 9.97. The van der Waals surface area contributed by atoms with Crippen molar-refractivity contribution in [2.75, 3.05) is 20.2 Å². The maximum absolute atomic E-state index is 10.8. The van der Waals surface area contributed by atoms with Gasteiger partial charge in [0.05, 0.1) is 13.2 Å². The lowest BCUT2D eigenvalue weighted by Crippen LogP contribution is -2.32. The van der Waals surface area contributed by atoms with Crippen LogP contribution in [-0.4, -0.2) is 36.3 Å². The Kier molecular flexibility index (Phi) is 3.69. The van der Waals surface area contributed by atoms with Crippen molar-refractivity contribution in [2.45, 2.75) is 12.5 Å². The third-order valence-electron chi connectivity index (χ3n) is 2.91. The average Bonchev–Trinajstić information content (AvgIpc) is 2.29. The lowest BCUT2D eigenvalue weighted by molar-refractivity contribution is 0.0223. The van der Waals surface area contributed by atoms with Gasteiger partial charge >= 0.3 is 6.09 Å². The number of amides is 1. The summed E-state index contributed by atoms with van der Waals surface area (Å²) in [5, 5.41) is 8.88. The van der Waals surface area contributed by atoms with Gasteiger partial charge in [-0.3, -0.25) is 0 Å². The zero-order valence-electron chi connectivity index (χ0n) is 9.52. The van der Waals surface area contributed by atoms with Crippen LogP contribution < -0.4 is 0 Å². The summed E-state index contributed by atoms with van der Waals surface area (Å²) in [7, 11) is 1.55. The summed E-state index contributed by atoms with van der Waals surface area (Å²) < 4.78 is 6.64. The zero-order chi connectivity index (χ0) is 12.4. The molecule has 1 N–H and O–H groups in total. The van der Waals surface area contributed by atoms with Crippen molar-refractivity contribution in [1.82, 2.24) is 4.90 Å². The SMILES string of the molecule is CN(CC1OCCc2ccc(Br)cc21)C(=O)O. The molecule has 92 valence electrons. The highest BCUT2D eigenvalue weighted by Crippen LogP contribution is 2.30. The third kappa shape index (κ3) is 2.79. The van der Waals surface area contributed by atoms with E-state index in [4.69, 9.17) is 9.84 Å². The number of nitrogens with zero attached hydrogens (tertiary/aromatic N) is 1. The number of halogens is 1. The second-order valence-electron chi connectivity index (χ2n) is 4.12. The zero-order valence-corrected chi connectivity index (χ0v) is 11.1. The number of benzene rings is 1. The van der Waals surface area contributed by atoms with Crippen molar-refractivity contribution in [3.8, 4) is 0 Å². The van der Waals surface area contributed by atoms with Crippen molar-refractivity contribution in [3.05, 3.63) is 33.8 Å². The van der Waals surface area contributed by atoms with E-state index >= 15 is 0 Å². The van der Waals surface area contributed by atoms with Crippen LogP contribution in [0.1, 0.15) is 17.2 Å². The molecule has 0 radical (unpaired) electrons. The second kappa shape index (κ2) is 5.06. The Morgan fingerprint density at radius 2 is 2.41 bits per heavy atom. The molecule has 5 heteroatoms. The largest absolute Gasteiger partial charge is 0.465 e. The molecular weight excluding hydrogens is 286 g/mol. The summed E-state index contributed by atoms with van der Waals surface area (Å²) in [5.74, 6) is 0. The van der Waals surface area contributed by atoms with E-state index in [9.17, 15) is 4.79 Å². The van der Waals surface area contributed by atoms with E-state index in [1.165, 1.54) is 10.5 Å². The first-order valence-electron chi connectivity index (χ1n) is 5.42. The molecule has 0 aliphatic carbocycles. The van der Waals surface area contributed by atoms with Gasteiger partial charge in [0.15, 0.2) is 0 Å². The van der Waals surface area contributed by atoms with Gasteiger partial charge in [0.25, 0.3) is 0 Å². The smallest absolute Gasteiger partial charge is 0.407 e. The molecule has 1 aromatic rings. The van der Waals surface area contributed by atoms with Gasteiger partial charge in [-0.05, 0) is 29.7 Å². The van der Waals surface area contributed by atoms with E-state index in [0.717, 1.165) is 16.5 Å². The number of rotatable bonds is 2. The van der Waals surface area contributed by atoms with Crippen molar-refractivity contribution < 1.29 is 14.6 Å². The highest BCUT2D eigenvalue weighted by Gasteiger charge is 2.23. The topological polar surface area (TPSA) is 49.8 Å². The average molecular weight is 300 g/mol. The standard InChI is InChI=1S/C12H14BrNO3/c1-14(12(15)16)7-11-10-6-9(13)3-2-8(10)4-5-17-11/h2-3,6,11H,4-5,7H2,1H3,(H,15,16). The minimum Gasteiger partial charge on any atom is -0.465 e. The number of hydrogen-bond donors (Lipinski definition) is 1. The molecule has 1 atom stereocenters. The minimum absolute atomic E-state index is 0.169. The predicted octanol–water partition coefficient (Wildman–Crippen LogP) is 2.67. The summed E-state index contributed by atoms with van der Waals surface area (Å²) >= 11 is 3.43. The van der Waals surface area contributed by atoms with Gasteiger partial charge in [0, 0.05) is 11.5 Å². The van der Waals surface area contributed by atoms with Gasteiger partial charge < -0.3 is 14.7 Å². The molecule has 1 amide bonds.